The third-order valence-electron chi connectivity index (χ3n) is 3.81. The molecule has 0 atom stereocenters. The zero-order valence-electron chi connectivity index (χ0n) is 15.7. The molecule has 0 spiro atoms. The van der Waals surface area contributed by atoms with E-state index in [4.69, 9.17) is 4.74 Å². The number of nitrogens with one attached hydrogen (secondary N) is 2. The third kappa shape index (κ3) is 6.68. The van der Waals surface area contributed by atoms with Crippen LogP contribution >= 0.6 is 0 Å². The van der Waals surface area contributed by atoms with Gasteiger partial charge < -0.3 is 20.3 Å². The number of anilines is 1. The highest BCUT2D eigenvalue weighted by molar-refractivity contribution is 5.92. The summed E-state index contributed by atoms with van der Waals surface area (Å²) in [5.41, 5.74) is 1.56. The number of amides is 1. The van der Waals surface area contributed by atoms with Gasteiger partial charge in [-0.1, -0.05) is 12.1 Å². The Morgan fingerprint density at radius 2 is 1.92 bits per heavy atom. The van der Waals surface area contributed by atoms with Crippen LogP contribution in [0, 0.1) is 0 Å². The van der Waals surface area contributed by atoms with Gasteiger partial charge in [0.1, 0.15) is 11.4 Å². The van der Waals surface area contributed by atoms with E-state index in [1.807, 2.05) is 38.4 Å². The molecule has 26 heavy (non-hydrogen) atoms. The Kier molecular flexibility index (Phi) is 7.82. The molecule has 0 aliphatic rings. The highest BCUT2D eigenvalue weighted by Crippen LogP contribution is 2.11. The first-order valence-corrected chi connectivity index (χ1v) is 8.71. The monoisotopic (exact) mass is 357 g/mol. The highest BCUT2D eigenvalue weighted by atomic mass is 16.5. The molecule has 0 saturated carbocycles. The van der Waals surface area contributed by atoms with E-state index in [9.17, 15) is 4.79 Å². The van der Waals surface area contributed by atoms with Gasteiger partial charge in [-0.05, 0) is 57.2 Å². The van der Waals surface area contributed by atoms with Crippen molar-refractivity contribution in [3.63, 3.8) is 0 Å². The van der Waals surface area contributed by atoms with Gasteiger partial charge in [0.25, 0.3) is 5.91 Å². The Balaban J connectivity index is 1.79. The molecule has 0 radical (unpaired) electrons. The number of ether oxygens (including phenoxy) is 1. The number of benzene rings is 1. The molecule has 7 heteroatoms. The average molecular weight is 357 g/mol. The Morgan fingerprint density at radius 1 is 1.15 bits per heavy atom. The van der Waals surface area contributed by atoms with Gasteiger partial charge in [-0.3, -0.25) is 4.79 Å². The average Bonchev–Trinajstić information content (AvgIpc) is 2.66. The fourth-order valence-corrected chi connectivity index (χ4v) is 2.37. The third-order valence-corrected chi connectivity index (χ3v) is 3.81. The Hall–Kier alpha value is -2.67. The SMILES string of the molecule is COc1ccc(CCNc2nccc(C(=O)NCCCN(C)C)n2)cc1. The summed E-state index contributed by atoms with van der Waals surface area (Å²) >= 11 is 0. The zero-order chi connectivity index (χ0) is 18.8. The van der Waals surface area contributed by atoms with Crippen molar-refractivity contribution in [2.75, 3.05) is 46.2 Å². The van der Waals surface area contributed by atoms with Gasteiger partial charge in [0.2, 0.25) is 5.95 Å². The number of rotatable bonds is 10. The van der Waals surface area contributed by atoms with Crippen molar-refractivity contribution < 1.29 is 9.53 Å². The van der Waals surface area contributed by atoms with E-state index in [1.54, 1.807) is 19.4 Å². The normalized spacial score (nSPS) is 10.6. The summed E-state index contributed by atoms with van der Waals surface area (Å²) < 4.78 is 5.15. The summed E-state index contributed by atoms with van der Waals surface area (Å²) in [6, 6.07) is 9.55. The number of hydrogen-bond acceptors (Lipinski definition) is 6. The van der Waals surface area contributed by atoms with Crippen molar-refractivity contribution in [3.05, 3.63) is 47.8 Å². The molecule has 1 heterocycles. The number of hydrogen-bond donors (Lipinski definition) is 2. The molecule has 1 amide bonds. The number of aromatic nitrogens is 2. The van der Waals surface area contributed by atoms with Crippen LogP contribution in [-0.2, 0) is 6.42 Å². The minimum absolute atomic E-state index is 0.177. The van der Waals surface area contributed by atoms with E-state index in [2.05, 4.69) is 25.5 Å². The first-order chi connectivity index (χ1) is 12.6. The molecule has 1 aromatic carbocycles. The Labute approximate surface area is 154 Å². The van der Waals surface area contributed by atoms with Crippen LogP contribution < -0.4 is 15.4 Å². The van der Waals surface area contributed by atoms with Crippen LogP contribution in [0.25, 0.3) is 0 Å². The van der Waals surface area contributed by atoms with E-state index in [-0.39, 0.29) is 5.91 Å². The van der Waals surface area contributed by atoms with Gasteiger partial charge in [0.05, 0.1) is 7.11 Å². The summed E-state index contributed by atoms with van der Waals surface area (Å²) in [6.07, 6.45) is 3.32. The second-order valence-electron chi connectivity index (χ2n) is 6.20. The van der Waals surface area contributed by atoms with Crippen LogP contribution in [0.3, 0.4) is 0 Å². The lowest BCUT2D eigenvalue weighted by Crippen LogP contribution is -2.28. The predicted molar refractivity (Wildman–Crippen MR) is 103 cm³/mol. The molecule has 7 nitrogen and oxygen atoms in total. The Morgan fingerprint density at radius 3 is 2.62 bits per heavy atom. The maximum atomic E-state index is 12.1. The molecular weight excluding hydrogens is 330 g/mol. The summed E-state index contributed by atoms with van der Waals surface area (Å²) in [7, 11) is 5.67. The lowest BCUT2D eigenvalue weighted by atomic mass is 10.1. The van der Waals surface area contributed by atoms with Crippen LogP contribution in [0.4, 0.5) is 5.95 Å². The molecule has 0 aliphatic carbocycles. The van der Waals surface area contributed by atoms with Crippen molar-refractivity contribution in [2.45, 2.75) is 12.8 Å². The van der Waals surface area contributed by atoms with Crippen LogP contribution in [0.1, 0.15) is 22.5 Å². The van der Waals surface area contributed by atoms with Gasteiger partial charge in [-0.15, -0.1) is 0 Å². The van der Waals surface area contributed by atoms with Crippen molar-refractivity contribution in [2.24, 2.45) is 0 Å². The van der Waals surface area contributed by atoms with Gasteiger partial charge in [0, 0.05) is 19.3 Å². The molecule has 2 N–H and O–H groups in total. The van der Waals surface area contributed by atoms with E-state index < -0.39 is 0 Å². The lowest BCUT2D eigenvalue weighted by Gasteiger charge is -2.10. The minimum atomic E-state index is -0.177. The fourth-order valence-electron chi connectivity index (χ4n) is 2.37. The highest BCUT2D eigenvalue weighted by Gasteiger charge is 2.08. The van der Waals surface area contributed by atoms with Crippen LogP contribution in [-0.4, -0.2) is 61.6 Å². The fraction of sp³-hybridized carbons (Fsp3) is 0.421. The van der Waals surface area contributed by atoms with Crippen LogP contribution in [0.15, 0.2) is 36.5 Å². The second kappa shape index (κ2) is 10.4. The molecule has 2 rings (SSSR count). The second-order valence-corrected chi connectivity index (χ2v) is 6.20. The molecule has 0 fully saturated rings. The lowest BCUT2D eigenvalue weighted by molar-refractivity contribution is 0.0947. The van der Waals surface area contributed by atoms with Crippen LogP contribution in [0.2, 0.25) is 0 Å². The van der Waals surface area contributed by atoms with E-state index in [0.29, 0.717) is 24.7 Å². The van der Waals surface area contributed by atoms with E-state index >= 15 is 0 Å². The topological polar surface area (TPSA) is 79.4 Å². The maximum absolute atomic E-state index is 12.1. The largest absolute Gasteiger partial charge is 0.497 e. The molecule has 0 unspecified atom stereocenters. The zero-order valence-corrected chi connectivity index (χ0v) is 15.7. The summed E-state index contributed by atoms with van der Waals surface area (Å²) in [4.78, 5) is 22.7. The maximum Gasteiger partial charge on any atom is 0.270 e. The van der Waals surface area contributed by atoms with Crippen molar-refractivity contribution in [1.29, 1.82) is 0 Å². The van der Waals surface area contributed by atoms with Gasteiger partial charge in [-0.2, -0.15) is 0 Å². The molecule has 2 aromatic rings. The number of methoxy groups -OCH3 is 1. The first kappa shape index (κ1) is 19.7. The number of carbonyl (C=O) groups is 1. The van der Waals surface area contributed by atoms with Crippen LogP contribution in [0.5, 0.6) is 5.75 Å². The van der Waals surface area contributed by atoms with E-state index in [1.165, 1.54) is 5.56 Å². The number of carbonyl (C=O) groups excluding carboxylic acids is 1. The first-order valence-electron chi connectivity index (χ1n) is 8.71. The molecule has 140 valence electrons. The molecule has 0 saturated heterocycles. The summed E-state index contributed by atoms with van der Waals surface area (Å²) in [5.74, 6) is 1.12. The summed E-state index contributed by atoms with van der Waals surface area (Å²) in [5, 5.41) is 6.04. The van der Waals surface area contributed by atoms with Gasteiger partial charge in [-0.25, -0.2) is 9.97 Å². The Bertz CT molecular complexity index is 689. The summed E-state index contributed by atoms with van der Waals surface area (Å²) in [6.45, 7) is 2.24. The van der Waals surface area contributed by atoms with Crippen molar-refractivity contribution in [3.8, 4) is 5.75 Å². The molecule has 1 aromatic heterocycles. The minimum Gasteiger partial charge on any atom is -0.497 e. The molecule has 0 aliphatic heterocycles. The molecule has 0 bridgehead atoms. The van der Waals surface area contributed by atoms with Gasteiger partial charge in [0.15, 0.2) is 0 Å². The van der Waals surface area contributed by atoms with E-state index in [0.717, 1.165) is 25.1 Å². The molecular formula is C19H27N5O2. The smallest absolute Gasteiger partial charge is 0.270 e. The predicted octanol–water partition coefficient (Wildman–Crippen LogP) is 1.82. The van der Waals surface area contributed by atoms with Crippen molar-refractivity contribution in [1.82, 2.24) is 20.2 Å². The van der Waals surface area contributed by atoms with Crippen molar-refractivity contribution >= 4 is 11.9 Å². The quantitative estimate of drug-likeness (QED) is 0.632. The number of nitrogens with zero attached hydrogens (tertiary/aromatic N) is 3. The standard InChI is InChI=1S/C19H27N5O2/c1-24(2)14-4-11-20-18(25)17-10-13-22-19(23-17)21-12-9-15-5-7-16(26-3)8-6-15/h5-8,10,13H,4,9,11-12,14H2,1-3H3,(H,20,25)(H,21,22,23). The van der Waals surface area contributed by atoms with Gasteiger partial charge >= 0.3 is 0 Å².